The number of hydrogen-bond acceptors (Lipinski definition) is 0. The first-order valence-electron chi connectivity index (χ1n) is 4.02. The highest BCUT2D eigenvalue weighted by molar-refractivity contribution is 4.87. The second kappa shape index (κ2) is 4.47. The number of alkyl halides is 2. The van der Waals surface area contributed by atoms with Gasteiger partial charge in [-0.2, -0.15) is 0 Å². The molecule has 0 aliphatic heterocycles. The highest BCUT2D eigenvalue weighted by atomic mass is 19.3. The summed E-state index contributed by atoms with van der Waals surface area (Å²) >= 11 is 0. The lowest BCUT2D eigenvalue weighted by Crippen LogP contribution is -2.22. The van der Waals surface area contributed by atoms with Crippen molar-refractivity contribution >= 4 is 0 Å². The topological polar surface area (TPSA) is 0 Å². The van der Waals surface area contributed by atoms with E-state index in [-0.39, 0.29) is 0 Å². The van der Waals surface area contributed by atoms with Crippen LogP contribution < -0.4 is 0 Å². The molecule has 11 heavy (non-hydrogen) atoms. The molecule has 0 bridgehead atoms. The quantitative estimate of drug-likeness (QED) is 0.541. The molecule has 0 radical (unpaired) electrons. The van der Waals surface area contributed by atoms with Crippen LogP contribution in [0, 0.1) is 5.92 Å². The minimum Gasteiger partial charge on any atom is -0.207 e. The lowest BCUT2D eigenvalue weighted by Gasteiger charge is -2.19. The van der Waals surface area contributed by atoms with Crippen LogP contribution in [0.4, 0.5) is 8.78 Å². The average Bonchev–Trinajstić information content (AvgIpc) is 1.87. The smallest absolute Gasteiger partial charge is 0.207 e. The lowest BCUT2D eigenvalue weighted by molar-refractivity contribution is -0.0241. The summed E-state index contributed by atoms with van der Waals surface area (Å²) in [5.41, 5.74) is 0. The van der Waals surface area contributed by atoms with Crippen LogP contribution in [0.5, 0.6) is 0 Å². The van der Waals surface area contributed by atoms with Crippen LogP contribution >= 0.6 is 0 Å². The Bertz CT molecular complexity index is 113. The average molecular weight is 162 g/mol. The normalized spacial score (nSPS) is 14.5. The van der Waals surface area contributed by atoms with Crippen molar-refractivity contribution in [2.45, 2.75) is 39.0 Å². The van der Waals surface area contributed by atoms with Crippen molar-refractivity contribution < 1.29 is 8.78 Å². The van der Waals surface area contributed by atoms with Crippen LogP contribution in [0.1, 0.15) is 33.1 Å². The van der Waals surface area contributed by atoms with Gasteiger partial charge in [0.1, 0.15) is 0 Å². The summed E-state index contributed by atoms with van der Waals surface area (Å²) in [5.74, 6) is -3.25. The maximum Gasteiger partial charge on any atom is 0.251 e. The third-order valence-corrected chi connectivity index (χ3v) is 1.80. The summed E-state index contributed by atoms with van der Waals surface area (Å²) < 4.78 is 25.3. The van der Waals surface area contributed by atoms with Crippen molar-refractivity contribution in [1.82, 2.24) is 0 Å². The van der Waals surface area contributed by atoms with Crippen LogP contribution in [-0.2, 0) is 0 Å². The first kappa shape index (κ1) is 10.6. The Balaban J connectivity index is 3.86. The fourth-order valence-electron chi connectivity index (χ4n) is 1.00. The first-order chi connectivity index (χ1) is 5.02. The monoisotopic (exact) mass is 162 g/mol. The van der Waals surface area contributed by atoms with Crippen molar-refractivity contribution in [3.63, 3.8) is 0 Å². The molecule has 0 rings (SSSR count). The number of hydrogen-bond donors (Lipinski definition) is 0. The van der Waals surface area contributed by atoms with Gasteiger partial charge in [0.2, 0.25) is 0 Å². The largest absolute Gasteiger partial charge is 0.251 e. The van der Waals surface area contributed by atoms with Gasteiger partial charge in [-0.25, -0.2) is 8.78 Å². The van der Waals surface area contributed by atoms with Gasteiger partial charge < -0.3 is 0 Å². The Hall–Kier alpha value is -0.400. The summed E-state index contributed by atoms with van der Waals surface area (Å²) in [7, 11) is 0. The van der Waals surface area contributed by atoms with E-state index in [9.17, 15) is 8.78 Å². The molecule has 0 nitrogen and oxygen atoms in total. The van der Waals surface area contributed by atoms with Gasteiger partial charge in [0.25, 0.3) is 5.92 Å². The molecule has 0 fully saturated rings. The van der Waals surface area contributed by atoms with Gasteiger partial charge in [0.15, 0.2) is 0 Å². The first-order valence-corrected chi connectivity index (χ1v) is 4.02. The molecule has 0 heterocycles. The summed E-state index contributed by atoms with van der Waals surface area (Å²) in [6.45, 7) is 6.35. The second-order valence-corrected chi connectivity index (χ2v) is 2.94. The summed E-state index contributed by atoms with van der Waals surface area (Å²) in [4.78, 5) is 0. The van der Waals surface area contributed by atoms with Crippen molar-refractivity contribution in [2.24, 2.45) is 5.92 Å². The number of unbranched alkanes of at least 4 members (excludes halogenated alkanes) is 1. The van der Waals surface area contributed by atoms with Gasteiger partial charge in [0.05, 0.1) is 0 Å². The van der Waals surface area contributed by atoms with E-state index in [4.69, 9.17) is 0 Å². The van der Waals surface area contributed by atoms with Crippen molar-refractivity contribution in [3.8, 4) is 0 Å². The van der Waals surface area contributed by atoms with E-state index in [0.29, 0.717) is 6.42 Å². The maximum atomic E-state index is 12.6. The molecular formula is C9H16F2. The molecule has 0 saturated heterocycles. The third kappa shape index (κ3) is 4.12. The zero-order chi connectivity index (χ0) is 8.91. The molecule has 0 N–H and O–H groups in total. The Morgan fingerprint density at radius 2 is 2.09 bits per heavy atom. The van der Waals surface area contributed by atoms with Crippen molar-refractivity contribution in [3.05, 3.63) is 12.7 Å². The maximum absolute atomic E-state index is 12.6. The zero-order valence-corrected chi connectivity index (χ0v) is 7.24. The number of allylic oxidation sites excluding steroid dienone is 1. The predicted octanol–water partition coefficient (Wildman–Crippen LogP) is 3.63. The fraction of sp³-hybridized carbons (Fsp3) is 0.778. The van der Waals surface area contributed by atoms with Gasteiger partial charge in [-0.1, -0.05) is 25.8 Å². The molecule has 0 saturated carbocycles. The van der Waals surface area contributed by atoms with E-state index in [0.717, 1.165) is 19.8 Å². The summed E-state index contributed by atoms with van der Waals surface area (Å²) in [5, 5.41) is 0. The van der Waals surface area contributed by atoms with E-state index in [2.05, 4.69) is 6.58 Å². The molecule has 0 aromatic carbocycles. The molecular weight excluding hydrogens is 146 g/mol. The number of halogens is 2. The highest BCUT2D eigenvalue weighted by Crippen LogP contribution is 2.28. The van der Waals surface area contributed by atoms with Crippen LogP contribution in [0.3, 0.4) is 0 Å². The van der Waals surface area contributed by atoms with Gasteiger partial charge in [-0.15, -0.1) is 6.58 Å². The second-order valence-electron chi connectivity index (χ2n) is 2.94. The lowest BCUT2D eigenvalue weighted by atomic mass is 9.96. The van der Waals surface area contributed by atoms with Crippen molar-refractivity contribution in [2.75, 3.05) is 0 Å². The minimum absolute atomic E-state index is 0.545. The molecule has 0 aliphatic carbocycles. The molecule has 0 aromatic rings. The van der Waals surface area contributed by atoms with E-state index < -0.39 is 11.8 Å². The van der Waals surface area contributed by atoms with Crippen LogP contribution in [-0.4, -0.2) is 5.92 Å². The predicted molar refractivity (Wildman–Crippen MR) is 43.8 cm³/mol. The zero-order valence-electron chi connectivity index (χ0n) is 7.24. The van der Waals surface area contributed by atoms with Gasteiger partial charge in [-0.05, 0) is 13.3 Å². The Labute approximate surface area is 67.3 Å². The SMILES string of the molecule is C=CC(CCCC)C(C)(F)F. The molecule has 2 heteroatoms. The molecule has 0 aliphatic rings. The molecule has 66 valence electrons. The standard InChI is InChI=1S/C9H16F2/c1-4-6-7-8(5-2)9(3,10)11/h5,8H,2,4,6-7H2,1,3H3. The Morgan fingerprint density at radius 3 is 2.36 bits per heavy atom. The van der Waals surface area contributed by atoms with Crippen LogP contribution in [0.15, 0.2) is 12.7 Å². The minimum atomic E-state index is -2.60. The van der Waals surface area contributed by atoms with E-state index in [1.54, 1.807) is 0 Å². The summed E-state index contributed by atoms with van der Waals surface area (Å²) in [6, 6.07) is 0. The third-order valence-electron chi connectivity index (χ3n) is 1.80. The molecule has 1 unspecified atom stereocenters. The molecule has 0 amide bonds. The highest BCUT2D eigenvalue weighted by Gasteiger charge is 2.30. The van der Waals surface area contributed by atoms with E-state index in [1.807, 2.05) is 6.92 Å². The van der Waals surface area contributed by atoms with Crippen molar-refractivity contribution in [1.29, 1.82) is 0 Å². The Kier molecular flexibility index (Phi) is 4.31. The van der Waals surface area contributed by atoms with Gasteiger partial charge in [-0.3, -0.25) is 0 Å². The van der Waals surface area contributed by atoms with Crippen LogP contribution in [0.25, 0.3) is 0 Å². The molecule has 0 aromatic heterocycles. The molecule has 1 atom stereocenters. The summed E-state index contributed by atoms with van der Waals surface area (Å²) in [6.07, 6.45) is 3.71. The number of rotatable bonds is 5. The van der Waals surface area contributed by atoms with Crippen LogP contribution in [0.2, 0.25) is 0 Å². The molecule has 0 spiro atoms. The van der Waals surface area contributed by atoms with Gasteiger partial charge in [0, 0.05) is 5.92 Å². The van der Waals surface area contributed by atoms with Gasteiger partial charge >= 0.3 is 0 Å². The van der Waals surface area contributed by atoms with E-state index >= 15 is 0 Å². The fourth-order valence-corrected chi connectivity index (χ4v) is 1.00. The Morgan fingerprint density at radius 1 is 1.55 bits per heavy atom. The van der Waals surface area contributed by atoms with E-state index in [1.165, 1.54) is 6.08 Å².